The third kappa shape index (κ3) is 5.85. The number of anilines is 2. The highest BCUT2D eigenvalue weighted by Crippen LogP contribution is 2.35. The summed E-state index contributed by atoms with van der Waals surface area (Å²) in [6.45, 7) is -0.0437. The summed E-state index contributed by atoms with van der Waals surface area (Å²) < 4.78 is 38.0. The van der Waals surface area contributed by atoms with Gasteiger partial charge in [-0.1, -0.05) is 48.0 Å². The van der Waals surface area contributed by atoms with E-state index in [9.17, 15) is 27.6 Å². The van der Waals surface area contributed by atoms with E-state index >= 15 is 0 Å². The summed E-state index contributed by atoms with van der Waals surface area (Å²) in [5, 5.41) is 13.7. The normalized spacial score (nSPS) is 14.3. The SMILES string of the molecule is O=C(Nc1cc(Cl)ccc1C(=O)OCc1ccccc1)NS(=O)(=O)c1cccc2c1NC(=O)C(C(=O)O)O2. The predicted octanol–water partition coefficient (Wildman–Crippen LogP) is 2.99. The van der Waals surface area contributed by atoms with E-state index in [1.807, 2.05) is 0 Å². The Kier molecular flexibility index (Phi) is 7.50. The highest BCUT2D eigenvalue weighted by atomic mass is 35.5. The monoisotopic (exact) mass is 559 g/mol. The van der Waals surface area contributed by atoms with Crippen molar-refractivity contribution in [2.24, 2.45) is 0 Å². The fraction of sp³-hybridized carbons (Fsp3) is 0.0833. The smallest absolute Gasteiger partial charge is 0.354 e. The van der Waals surface area contributed by atoms with Gasteiger partial charge in [0.1, 0.15) is 22.9 Å². The lowest BCUT2D eigenvalue weighted by atomic mass is 10.2. The van der Waals surface area contributed by atoms with Crippen LogP contribution in [-0.2, 0) is 31.0 Å². The lowest BCUT2D eigenvalue weighted by Crippen LogP contribution is -2.43. The topological polar surface area (TPSA) is 177 Å². The quantitative estimate of drug-likeness (QED) is 0.250. The third-order valence-electron chi connectivity index (χ3n) is 5.12. The number of hydrogen-bond donors (Lipinski definition) is 4. The first-order valence-electron chi connectivity index (χ1n) is 10.7. The summed E-state index contributed by atoms with van der Waals surface area (Å²) in [7, 11) is -4.63. The number of rotatable bonds is 7. The Bertz CT molecular complexity index is 1540. The minimum absolute atomic E-state index is 0.0437. The van der Waals surface area contributed by atoms with Crippen LogP contribution in [0.25, 0.3) is 0 Å². The van der Waals surface area contributed by atoms with Crippen molar-refractivity contribution in [3.8, 4) is 5.75 Å². The molecule has 1 unspecified atom stereocenters. The fourth-order valence-corrected chi connectivity index (χ4v) is 4.67. The van der Waals surface area contributed by atoms with Crippen LogP contribution in [0.4, 0.5) is 16.2 Å². The van der Waals surface area contributed by atoms with Crippen molar-refractivity contribution in [2.45, 2.75) is 17.6 Å². The zero-order chi connectivity index (χ0) is 27.4. The Morgan fingerprint density at radius 2 is 1.79 bits per heavy atom. The average molecular weight is 560 g/mol. The molecule has 12 nitrogen and oxygen atoms in total. The van der Waals surface area contributed by atoms with Crippen LogP contribution in [0.1, 0.15) is 15.9 Å². The Hall–Kier alpha value is -4.62. The summed E-state index contributed by atoms with van der Waals surface area (Å²) in [6, 6.07) is 15.1. The molecule has 196 valence electrons. The van der Waals surface area contributed by atoms with Gasteiger partial charge in [0.05, 0.1) is 11.3 Å². The highest BCUT2D eigenvalue weighted by Gasteiger charge is 2.37. The number of hydrogen-bond acceptors (Lipinski definition) is 8. The number of carbonyl (C=O) groups is 4. The van der Waals surface area contributed by atoms with E-state index in [1.165, 1.54) is 30.3 Å². The van der Waals surface area contributed by atoms with Gasteiger partial charge < -0.3 is 25.2 Å². The number of benzene rings is 3. The molecule has 0 aromatic heterocycles. The number of halogens is 1. The number of aliphatic carboxylic acids is 1. The van der Waals surface area contributed by atoms with Gasteiger partial charge in [-0.15, -0.1) is 0 Å². The minimum atomic E-state index is -4.63. The second kappa shape index (κ2) is 10.8. The van der Waals surface area contributed by atoms with Crippen LogP contribution in [0.15, 0.2) is 71.6 Å². The van der Waals surface area contributed by atoms with E-state index in [1.54, 1.807) is 35.1 Å². The van der Waals surface area contributed by atoms with Gasteiger partial charge in [0.15, 0.2) is 0 Å². The van der Waals surface area contributed by atoms with Crippen molar-refractivity contribution in [3.63, 3.8) is 0 Å². The first kappa shape index (κ1) is 26.4. The summed E-state index contributed by atoms with van der Waals surface area (Å²) in [5.74, 6) is -3.69. The molecule has 3 amide bonds. The molecule has 3 aromatic rings. The van der Waals surface area contributed by atoms with E-state index in [2.05, 4.69) is 10.6 Å². The summed E-state index contributed by atoms with van der Waals surface area (Å²) in [6.07, 6.45) is -1.88. The third-order valence-corrected chi connectivity index (χ3v) is 6.73. The molecule has 0 aliphatic carbocycles. The molecule has 0 saturated heterocycles. The van der Waals surface area contributed by atoms with Crippen molar-refractivity contribution in [3.05, 3.63) is 82.9 Å². The molecule has 0 spiro atoms. The van der Waals surface area contributed by atoms with Crippen LogP contribution in [-0.4, -0.2) is 43.5 Å². The number of ether oxygens (including phenoxy) is 2. The zero-order valence-electron chi connectivity index (χ0n) is 19.1. The molecule has 1 aliphatic heterocycles. The molecule has 4 N–H and O–H groups in total. The molecule has 0 saturated carbocycles. The maximum Gasteiger partial charge on any atom is 0.354 e. The first-order chi connectivity index (χ1) is 18.0. The Morgan fingerprint density at radius 1 is 1.05 bits per heavy atom. The Labute approximate surface area is 220 Å². The maximum atomic E-state index is 13.0. The van der Waals surface area contributed by atoms with Crippen molar-refractivity contribution < 1.29 is 42.2 Å². The number of sulfonamides is 1. The van der Waals surface area contributed by atoms with Crippen molar-refractivity contribution >= 4 is 56.9 Å². The number of urea groups is 1. The van der Waals surface area contributed by atoms with Crippen LogP contribution >= 0.6 is 11.6 Å². The molecule has 1 heterocycles. The number of nitrogens with one attached hydrogen (secondary N) is 3. The van der Waals surface area contributed by atoms with E-state index in [0.717, 1.165) is 11.6 Å². The van der Waals surface area contributed by atoms with Crippen LogP contribution in [0.3, 0.4) is 0 Å². The highest BCUT2D eigenvalue weighted by molar-refractivity contribution is 7.90. The van der Waals surface area contributed by atoms with Gasteiger partial charge in [-0.3, -0.25) is 4.79 Å². The van der Waals surface area contributed by atoms with Crippen molar-refractivity contribution in [1.82, 2.24) is 4.72 Å². The van der Waals surface area contributed by atoms with Crippen LogP contribution in [0.5, 0.6) is 5.75 Å². The molecule has 1 atom stereocenters. The number of carboxylic acids is 1. The van der Waals surface area contributed by atoms with E-state index in [-0.39, 0.29) is 34.3 Å². The number of carboxylic acid groups (broad SMARTS) is 1. The molecule has 1 aliphatic rings. The van der Waals surface area contributed by atoms with Gasteiger partial charge >= 0.3 is 18.0 Å². The van der Waals surface area contributed by atoms with Crippen molar-refractivity contribution in [1.29, 1.82) is 0 Å². The lowest BCUT2D eigenvalue weighted by molar-refractivity contribution is -0.149. The molecular formula is C24H18ClN3O9S. The van der Waals surface area contributed by atoms with E-state index < -0.39 is 44.9 Å². The standard InChI is InChI=1S/C24H18ClN3O9S/c25-14-9-10-15(23(32)36-12-13-5-2-1-3-6-13)16(11-14)26-24(33)28-38(34,35)18-8-4-7-17-19(18)27-21(29)20(37-17)22(30)31/h1-11,20H,12H2,(H,27,29)(H,30,31)(H2,26,28,33). The Balaban J connectivity index is 1.52. The molecule has 14 heteroatoms. The molecule has 3 aromatic carbocycles. The number of fused-ring (bicyclic) bond motifs is 1. The summed E-state index contributed by atoms with van der Waals surface area (Å²) >= 11 is 6.00. The van der Waals surface area contributed by atoms with Crippen molar-refractivity contribution in [2.75, 3.05) is 10.6 Å². The van der Waals surface area contributed by atoms with Gasteiger partial charge in [0, 0.05) is 5.02 Å². The second-order valence-electron chi connectivity index (χ2n) is 7.77. The number of para-hydroxylation sites is 1. The molecule has 0 bridgehead atoms. The van der Waals surface area contributed by atoms with Gasteiger partial charge in [-0.2, -0.15) is 0 Å². The number of esters is 1. The summed E-state index contributed by atoms with van der Waals surface area (Å²) in [5.41, 5.74) is 0.169. The predicted molar refractivity (Wildman–Crippen MR) is 133 cm³/mol. The molecule has 38 heavy (non-hydrogen) atoms. The van der Waals surface area contributed by atoms with Crippen LogP contribution < -0.4 is 20.1 Å². The van der Waals surface area contributed by atoms with Gasteiger partial charge in [0.25, 0.3) is 22.0 Å². The molecule has 4 rings (SSSR count). The van der Waals surface area contributed by atoms with Crippen LogP contribution in [0, 0.1) is 0 Å². The van der Waals surface area contributed by atoms with Crippen LogP contribution in [0.2, 0.25) is 5.02 Å². The lowest BCUT2D eigenvalue weighted by Gasteiger charge is -2.24. The fourth-order valence-electron chi connectivity index (χ4n) is 3.41. The van der Waals surface area contributed by atoms with Gasteiger partial charge in [0.2, 0.25) is 0 Å². The maximum absolute atomic E-state index is 13.0. The van der Waals surface area contributed by atoms with E-state index in [4.69, 9.17) is 26.2 Å². The largest absolute Gasteiger partial charge is 0.478 e. The second-order valence-corrected chi connectivity index (χ2v) is 9.85. The molecule has 0 radical (unpaired) electrons. The van der Waals surface area contributed by atoms with Gasteiger partial charge in [-0.25, -0.2) is 27.5 Å². The zero-order valence-corrected chi connectivity index (χ0v) is 20.7. The van der Waals surface area contributed by atoms with E-state index in [0.29, 0.717) is 0 Å². The number of carbonyl (C=O) groups excluding carboxylic acids is 3. The number of amides is 3. The van der Waals surface area contributed by atoms with Gasteiger partial charge in [-0.05, 0) is 35.9 Å². The molecular weight excluding hydrogens is 542 g/mol. The molecule has 0 fully saturated rings. The average Bonchev–Trinajstić information content (AvgIpc) is 2.86. The minimum Gasteiger partial charge on any atom is -0.478 e. The summed E-state index contributed by atoms with van der Waals surface area (Å²) in [4.78, 5) is 48.0. The first-order valence-corrected chi connectivity index (χ1v) is 12.6. The Morgan fingerprint density at radius 3 is 2.50 bits per heavy atom.